The van der Waals surface area contributed by atoms with Gasteiger partial charge in [0.05, 0.1) is 4.88 Å². The van der Waals surface area contributed by atoms with Gasteiger partial charge < -0.3 is 11.1 Å². The molecular formula is C11H14ClN3O3S. The highest BCUT2D eigenvalue weighted by molar-refractivity contribution is 7.14. The second-order valence-corrected chi connectivity index (χ2v) is 5.12. The van der Waals surface area contributed by atoms with Crippen LogP contribution < -0.4 is 16.4 Å². The van der Waals surface area contributed by atoms with E-state index in [0.29, 0.717) is 17.8 Å². The summed E-state index contributed by atoms with van der Waals surface area (Å²) in [5.74, 6) is -1.06. The van der Waals surface area contributed by atoms with Crippen LogP contribution >= 0.6 is 23.7 Å². The molecule has 2 heterocycles. The molecule has 3 amide bonds. The van der Waals surface area contributed by atoms with E-state index in [1.54, 1.807) is 12.1 Å². The molecule has 6 nitrogen and oxygen atoms in total. The summed E-state index contributed by atoms with van der Waals surface area (Å²) < 4.78 is 0. The number of carbonyl (C=O) groups is 3. The van der Waals surface area contributed by atoms with Crippen LogP contribution in [-0.4, -0.2) is 23.8 Å². The molecule has 0 aromatic carbocycles. The van der Waals surface area contributed by atoms with E-state index >= 15 is 0 Å². The Morgan fingerprint density at radius 1 is 1.47 bits per heavy atom. The van der Waals surface area contributed by atoms with Crippen molar-refractivity contribution in [2.45, 2.75) is 25.4 Å². The predicted octanol–water partition coefficient (Wildman–Crippen LogP) is 0.164. The first kappa shape index (κ1) is 15.6. The molecule has 2 rings (SSSR count). The minimum absolute atomic E-state index is 0. The third-order valence-electron chi connectivity index (χ3n) is 2.63. The van der Waals surface area contributed by atoms with Gasteiger partial charge in [-0.05, 0) is 18.6 Å². The zero-order valence-electron chi connectivity index (χ0n) is 9.97. The van der Waals surface area contributed by atoms with Gasteiger partial charge in [-0.25, -0.2) is 0 Å². The van der Waals surface area contributed by atoms with Crippen LogP contribution in [0.2, 0.25) is 0 Å². The number of rotatable bonds is 3. The molecule has 1 aromatic heterocycles. The van der Waals surface area contributed by atoms with Crippen molar-refractivity contribution in [3.8, 4) is 0 Å². The third-order valence-corrected chi connectivity index (χ3v) is 3.74. The fourth-order valence-electron chi connectivity index (χ4n) is 1.67. The van der Waals surface area contributed by atoms with Gasteiger partial charge in [0.1, 0.15) is 6.04 Å². The lowest BCUT2D eigenvalue weighted by Gasteiger charge is -2.21. The van der Waals surface area contributed by atoms with Crippen molar-refractivity contribution in [1.82, 2.24) is 10.6 Å². The molecule has 19 heavy (non-hydrogen) atoms. The molecule has 0 bridgehead atoms. The molecule has 1 atom stereocenters. The van der Waals surface area contributed by atoms with Gasteiger partial charge in [-0.15, -0.1) is 23.7 Å². The monoisotopic (exact) mass is 303 g/mol. The number of hydrogen-bond acceptors (Lipinski definition) is 5. The molecule has 0 radical (unpaired) electrons. The first-order valence-corrected chi connectivity index (χ1v) is 6.35. The minimum Gasteiger partial charge on any atom is -0.340 e. The summed E-state index contributed by atoms with van der Waals surface area (Å²) >= 11 is 1.30. The third kappa shape index (κ3) is 3.76. The molecule has 0 spiro atoms. The number of imide groups is 1. The van der Waals surface area contributed by atoms with E-state index in [1.807, 2.05) is 0 Å². The van der Waals surface area contributed by atoms with Gasteiger partial charge >= 0.3 is 0 Å². The van der Waals surface area contributed by atoms with Gasteiger partial charge in [0, 0.05) is 17.8 Å². The number of thiophene rings is 1. The molecule has 1 aliphatic heterocycles. The average molecular weight is 304 g/mol. The lowest BCUT2D eigenvalue weighted by molar-refractivity contribution is -0.134. The highest BCUT2D eigenvalue weighted by atomic mass is 35.5. The fraction of sp³-hybridized carbons (Fsp3) is 0.364. The number of carbonyl (C=O) groups excluding carboxylic acids is 3. The van der Waals surface area contributed by atoms with Crippen LogP contribution in [0.4, 0.5) is 0 Å². The Bertz CT molecular complexity index is 503. The maximum absolute atomic E-state index is 11.9. The van der Waals surface area contributed by atoms with Gasteiger partial charge in [-0.1, -0.05) is 0 Å². The Morgan fingerprint density at radius 2 is 2.21 bits per heavy atom. The smallest absolute Gasteiger partial charge is 0.262 e. The first-order chi connectivity index (χ1) is 8.60. The van der Waals surface area contributed by atoms with Gasteiger partial charge in [0.15, 0.2) is 0 Å². The molecule has 1 unspecified atom stereocenters. The Labute approximate surface area is 120 Å². The maximum Gasteiger partial charge on any atom is 0.262 e. The topological polar surface area (TPSA) is 101 Å². The molecule has 0 saturated carbocycles. The summed E-state index contributed by atoms with van der Waals surface area (Å²) in [6.07, 6.45) is 0.584. The van der Waals surface area contributed by atoms with Crippen molar-refractivity contribution >= 4 is 41.5 Å². The largest absolute Gasteiger partial charge is 0.340 e. The zero-order valence-corrected chi connectivity index (χ0v) is 11.6. The molecule has 4 N–H and O–H groups in total. The molecule has 104 valence electrons. The van der Waals surface area contributed by atoms with E-state index in [0.717, 1.165) is 4.88 Å². The molecular weight excluding hydrogens is 290 g/mol. The van der Waals surface area contributed by atoms with Gasteiger partial charge in [0.2, 0.25) is 11.8 Å². The minimum atomic E-state index is -0.640. The van der Waals surface area contributed by atoms with Crippen molar-refractivity contribution in [2.75, 3.05) is 0 Å². The van der Waals surface area contributed by atoms with E-state index in [9.17, 15) is 14.4 Å². The summed E-state index contributed by atoms with van der Waals surface area (Å²) in [4.78, 5) is 35.7. The first-order valence-electron chi connectivity index (χ1n) is 5.53. The van der Waals surface area contributed by atoms with Crippen molar-refractivity contribution in [3.05, 3.63) is 21.9 Å². The van der Waals surface area contributed by atoms with E-state index in [-0.39, 0.29) is 30.6 Å². The van der Waals surface area contributed by atoms with Gasteiger partial charge in [0.25, 0.3) is 5.91 Å². The van der Waals surface area contributed by atoms with Crippen LogP contribution in [0.1, 0.15) is 27.4 Å². The predicted molar refractivity (Wildman–Crippen MR) is 73.1 cm³/mol. The summed E-state index contributed by atoms with van der Waals surface area (Å²) in [7, 11) is 0. The summed E-state index contributed by atoms with van der Waals surface area (Å²) in [6, 6.07) is 2.82. The average Bonchev–Trinajstić information content (AvgIpc) is 2.81. The summed E-state index contributed by atoms with van der Waals surface area (Å²) in [6.45, 7) is 0.385. The van der Waals surface area contributed by atoms with Gasteiger partial charge in [-0.2, -0.15) is 0 Å². The van der Waals surface area contributed by atoms with Crippen LogP contribution in [0.25, 0.3) is 0 Å². The van der Waals surface area contributed by atoms with Crippen LogP contribution in [0.15, 0.2) is 12.1 Å². The molecule has 1 saturated heterocycles. The Morgan fingerprint density at radius 3 is 2.79 bits per heavy atom. The Balaban J connectivity index is 0.00000180. The number of amides is 3. The summed E-state index contributed by atoms with van der Waals surface area (Å²) in [5, 5.41) is 4.80. The molecule has 1 fully saturated rings. The van der Waals surface area contributed by atoms with Crippen molar-refractivity contribution < 1.29 is 14.4 Å². The van der Waals surface area contributed by atoms with E-state index in [1.165, 1.54) is 11.3 Å². The highest BCUT2D eigenvalue weighted by Crippen LogP contribution is 2.16. The molecule has 1 aromatic rings. The lowest BCUT2D eigenvalue weighted by atomic mass is 10.1. The Hall–Kier alpha value is -1.44. The van der Waals surface area contributed by atoms with Gasteiger partial charge in [-0.3, -0.25) is 19.7 Å². The van der Waals surface area contributed by atoms with Crippen LogP contribution in [-0.2, 0) is 16.1 Å². The highest BCUT2D eigenvalue weighted by Gasteiger charge is 2.28. The Kier molecular flexibility index (Phi) is 5.46. The van der Waals surface area contributed by atoms with Crippen molar-refractivity contribution in [2.24, 2.45) is 5.73 Å². The zero-order chi connectivity index (χ0) is 13.1. The maximum atomic E-state index is 11.9. The van der Waals surface area contributed by atoms with Crippen LogP contribution in [0, 0.1) is 0 Å². The second-order valence-electron chi connectivity index (χ2n) is 3.95. The lowest BCUT2D eigenvalue weighted by Crippen LogP contribution is -2.52. The quantitative estimate of drug-likeness (QED) is 0.692. The SMILES string of the molecule is Cl.NCc1ccc(C(=O)NC2CCC(=O)NC2=O)s1. The van der Waals surface area contributed by atoms with Crippen molar-refractivity contribution in [1.29, 1.82) is 0 Å². The standard InChI is InChI=1S/C11H13N3O3S.ClH/c12-5-6-1-3-8(18-6)11(17)13-7-2-4-9(15)14-10(7)16;/h1,3,7H,2,4-5,12H2,(H,13,17)(H,14,15,16);1H. The molecule has 8 heteroatoms. The number of piperidine rings is 1. The number of hydrogen-bond donors (Lipinski definition) is 3. The van der Waals surface area contributed by atoms with Crippen LogP contribution in [0.5, 0.6) is 0 Å². The van der Waals surface area contributed by atoms with E-state index in [4.69, 9.17) is 5.73 Å². The molecule has 1 aliphatic rings. The van der Waals surface area contributed by atoms with Crippen molar-refractivity contribution in [3.63, 3.8) is 0 Å². The fourth-order valence-corrected chi connectivity index (χ4v) is 2.46. The summed E-state index contributed by atoms with van der Waals surface area (Å²) in [5.41, 5.74) is 5.46. The van der Waals surface area contributed by atoms with E-state index in [2.05, 4.69) is 10.6 Å². The number of nitrogens with one attached hydrogen (secondary N) is 2. The second kappa shape index (κ2) is 6.65. The number of halogens is 1. The normalized spacial score (nSPS) is 18.5. The number of nitrogens with two attached hydrogens (primary N) is 1. The molecule has 0 aliphatic carbocycles. The van der Waals surface area contributed by atoms with Crippen LogP contribution in [0.3, 0.4) is 0 Å². The van der Waals surface area contributed by atoms with E-state index < -0.39 is 11.9 Å².